The Morgan fingerprint density at radius 2 is 1.82 bits per heavy atom. The van der Waals surface area contributed by atoms with Crippen molar-refractivity contribution in [1.29, 1.82) is 0 Å². The van der Waals surface area contributed by atoms with Crippen molar-refractivity contribution in [2.75, 3.05) is 26.6 Å². The summed E-state index contributed by atoms with van der Waals surface area (Å²) >= 11 is 0. The molecule has 0 aromatic heterocycles. The molecular formula is C25H30N2O7. The second-order valence-electron chi connectivity index (χ2n) is 8.04. The van der Waals surface area contributed by atoms with Crippen molar-refractivity contribution in [2.24, 2.45) is 0 Å². The maximum atomic E-state index is 13.2. The van der Waals surface area contributed by atoms with E-state index in [4.69, 9.17) is 14.2 Å². The fraction of sp³-hybridized carbons (Fsp3) is 0.400. The summed E-state index contributed by atoms with van der Waals surface area (Å²) in [5.74, 6) is 0.105. The van der Waals surface area contributed by atoms with Crippen LogP contribution < -0.4 is 30.3 Å². The van der Waals surface area contributed by atoms with Gasteiger partial charge in [-0.1, -0.05) is 13.0 Å². The molecule has 0 unspecified atom stereocenters. The molecule has 9 heteroatoms. The highest BCUT2D eigenvalue weighted by molar-refractivity contribution is 5.84. The summed E-state index contributed by atoms with van der Waals surface area (Å²) in [6.45, 7) is 3.15. The van der Waals surface area contributed by atoms with Gasteiger partial charge in [0.1, 0.15) is 6.04 Å². The highest BCUT2D eigenvalue weighted by Gasteiger charge is 2.29. The number of carboxylic acids is 1. The van der Waals surface area contributed by atoms with Crippen molar-refractivity contribution in [1.82, 2.24) is 5.32 Å². The molecule has 0 aliphatic heterocycles. The number of hydrogen-bond acceptors (Lipinski definition) is 7. The summed E-state index contributed by atoms with van der Waals surface area (Å²) in [7, 11) is 4.59. The van der Waals surface area contributed by atoms with Gasteiger partial charge in [-0.2, -0.15) is 0 Å². The van der Waals surface area contributed by atoms with E-state index in [1.807, 2.05) is 6.07 Å². The number of ether oxygens (including phenoxy) is 3. The first-order valence-corrected chi connectivity index (χ1v) is 11.0. The molecule has 1 aliphatic rings. The number of rotatable bonds is 8. The number of carbonyl (C=O) groups excluding carboxylic acids is 1. The Hall–Kier alpha value is -3.75. The third-order valence-corrected chi connectivity index (χ3v) is 5.95. The predicted molar refractivity (Wildman–Crippen MR) is 128 cm³/mol. The molecule has 3 N–H and O–H groups in total. The topological polar surface area (TPSA) is 123 Å². The molecule has 0 fully saturated rings. The van der Waals surface area contributed by atoms with Crippen LogP contribution in [0.1, 0.15) is 43.9 Å². The molecule has 3 rings (SSSR count). The van der Waals surface area contributed by atoms with E-state index in [2.05, 4.69) is 10.6 Å². The standard InChI is InChI=1S/C25H30N2O7/c1-6-17(25(30)31)27-19-10-8-15-16(12-20(19)29)18(26-13(2)28)9-7-14-11-21(32-3)23(33-4)24(34-5)22(14)15/h8,10-12,17-18H,6-7,9H2,1-5H3,(H,26,28)(H,27,29)(H,30,31)/t17-,18+/m0/s1. The number of fused-ring (bicyclic) bond motifs is 3. The number of hydrogen-bond donors (Lipinski definition) is 3. The van der Waals surface area contributed by atoms with Gasteiger partial charge >= 0.3 is 5.97 Å². The normalized spacial score (nSPS) is 15.1. The van der Waals surface area contributed by atoms with Crippen LogP contribution in [0.25, 0.3) is 11.1 Å². The van der Waals surface area contributed by atoms with Crippen LogP contribution in [0.3, 0.4) is 0 Å². The summed E-state index contributed by atoms with van der Waals surface area (Å²) in [5, 5.41) is 15.2. The summed E-state index contributed by atoms with van der Waals surface area (Å²) < 4.78 is 16.8. The second kappa shape index (κ2) is 10.5. The number of carbonyl (C=O) groups is 2. The zero-order valence-corrected chi connectivity index (χ0v) is 20.0. The first-order chi connectivity index (χ1) is 16.2. The first kappa shape index (κ1) is 24.9. The number of methoxy groups -OCH3 is 3. The third-order valence-electron chi connectivity index (χ3n) is 5.95. The Morgan fingerprint density at radius 3 is 2.38 bits per heavy atom. The molecule has 0 bridgehead atoms. The highest BCUT2D eigenvalue weighted by Crippen LogP contribution is 2.50. The molecule has 9 nitrogen and oxygen atoms in total. The molecule has 34 heavy (non-hydrogen) atoms. The molecule has 1 amide bonds. The van der Waals surface area contributed by atoms with Crippen LogP contribution in [-0.4, -0.2) is 44.4 Å². The van der Waals surface area contributed by atoms with E-state index in [9.17, 15) is 19.5 Å². The Labute approximate surface area is 198 Å². The van der Waals surface area contributed by atoms with E-state index in [1.54, 1.807) is 26.2 Å². The van der Waals surface area contributed by atoms with Crippen molar-refractivity contribution >= 4 is 17.6 Å². The van der Waals surface area contributed by atoms with Gasteiger partial charge in [-0.3, -0.25) is 9.59 Å². The zero-order valence-electron chi connectivity index (χ0n) is 20.0. The SMILES string of the molecule is CC[C@H](Nc1ccc2c(cc1=O)[C@H](NC(C)=O)CCc1cc(OC)c(OC)c(OC)c1-2)C(=O)O. The number of aryl methyl sites for hydroxylation is 1. The minimum absolute atomic E-state index is 0.157. The summed E-state index contributed by atoms with van der Waals surface area (Å²) in [6, 6.07) is 5.31. The summed E-state index contributed by atoms with van der Waals surface area (Å²) in [4.78, 5) is 36.7. The van der Waals surface area contributed by atoms with E-state index in [-0.39, 0.29) is 17.0 Å². The minimum atomic E-state index is -1.05. The molecule has 0 saturated heterocycles. The molecule has 182 valence electrons. The fourth-order valence-corrected chi connectivity index (χ4v) is 4.35. The van der Waals surface area contributed by atoms with Gasteiger partial charge in [-0.25, -0.2) is 4.79 Å². The van der Waals surface area contributed by atoms with Crippen molar-refractivity contribution in [3.63, 3.8) is 0 Å². The molecule has 0 heterocycles. The number of benzene rings is 1. The second-order valence-corrected chi connectivity index (χ2v) is 8.04. The largest absolute Gasteiger partial charge is 0.493 e. The molecule has 2 aromatic carbocycles. The fourth-order valence-electron chi connectivity index (χ4n) is 4.35. The van der Waals surface area contributed by atoms with Gasteiger partial charge < -0.3 is 30.0 Å². The van der Waals surface area contributed by atoms with E-state index in [0.717, 1.165) is 11.1 Å². The van der Waals surface area contributed by atoms with E-state index >= 15 is 0 Å². The highest BCUT2D eigenvalue weighted by atomic mass is 16.5. The van der Waals surface area contributed by atoms with E-state index in [0.29, 0.717) is 47.6 Å². The molecule has 1 aliphatic carbocycles. The van der Waals surface area contributed by atoms with E-state index < -0.39 is 18.1 Å². The lowest BCUT2D eigenvalue weighted by atomic mass is 9.95. The van der Waals surface area contributed by atoms with Crippen LogP contribution in [0.5, 0.6) is 17.2 Å². The van der Waals surface area contributed by atoms with Gasteiger partial charge in [-0.15, -0.1) is 0 Å². The zero-order chi connectivity index (χ0) is 25.0. The van der Waals surface area contributed by atoms with Gasteiger partial charge in [0.2, 0.25) is 17.1 Å². The van der Waals surface area contributed by atoms with Crippen molar-refractivity contribution in [3.05, 3.63) is 45.6 Å². The number of aliphatic carboxylic acids is 1. The van der Waals surface area contributed by atoms with Crippen molar-refractivity contribution < 1.29 is 28.9 Å². The molecular weight excluding hydrogens is 440 g/mol. The summed E-state index contributed by atoms with van der Waals surface area (Å²) in [6.07, 6.45) is 1.43. The van der Waals surface area contributed by atoms with Crippen molar-refractivity contribution in [2.45, 2.75) is 45.2 Å². The van der Waals surface area contributed by atoms with Crippen LogP contribution in [0.4, 0.5) is 5.69 Å². The average molecular weight is 471 g/mol. The average Bonchev–Trinajstić information content (AvgIpc) is 3.04. The number of anilines is 1. The summed E-state index contributed by atoms with van der Waals surface area (Å²) in [5.41, 5.74) is 2.71. The maximum absolute atomic E-state index is 13.2. The van der Waals surface area contributed by atoms with Gasteiger partial charge in [0.25, 0.3) is 0 Å². The Morgan fingerprint density at radius 1 is 1.12 bits per heavy atom. The van der Waals surface area contributed by atoms with Gasteiger partial charge in [0.15, 0.2) is 11.5 Å². The minimum Gasteiger partial charge on any atom is -0.493 e. The molecule has 0 spiro atoms. The monoisotopic (exact) mass is 470 g/mol. The smallest absolute Gasteiger partial charge is 0.326 e. The lowest BCUT2D eigenvalue weighted by Crippen LogP contribution is -2.30. The van der Waals surface area contributed by atoms with E-state index in [1.165, 1.54) is 27.2 Å². The Kier molecular flexibility index (Phi) is 7.65. The van der Waals surface area contributed by atoms with Crippen LogP contribution in [0.15, 0.2) is 29.1 Å². The van der Waals surface area contributed by atoms with Crippen LogP contribution in [0, 0.1) is 0 Å². The third kappa shape index (κ3) is 4.78. The lowest BCUT2D eigenvalue weighted by Gasteiger charge is -2.19. The van der Waals surface area contributed by atoms with Crippen molar-refractivity contribution in [3.8, 4) is 28.4 Å². The number of amides is 1. The first-order valence-electron chi connectivity index (χ1n) is 11.0. The van der Waals surface area contributed by atoms with Gasteiger partial charge in [0, 0.05) is 12.5 Å². The lowest BCUT2D eigenvalue weighted by molar-refractivity contribution is -0.138. The van der Waals surface area contributed by atoms with Crippen LogP contribution >= 0.6 is 0 Å². The van der Waals surface area contributed by atoms with Crippen LogP contribution in [0.2, 0.25) is 0 Å². The maximum Gasteiger partial charge on any atom is 0.326 e. The molecule has 2 atom stereocenters. The van der Waals surface area contributed by atoms with Crippen LogP contribution in [-0.2, 0) is 16.0 Å². The molecule has 0 saturated carbocycles. The Bertz CT molecular complexity index is 1160. The van der Waals surface area contributed by atoms with Gasteiger partial charge in [0.05, 0.1) is 33.1 Å². The number of nitrogens with one attached hydrogen (secondary N) is 2. The quantitative estimate of drug-likeness (QED) is 0.538. The van der Waals surface area contributed by atoms with Gasteiger partial charge in [-0.05, 0) is 54.2 Å². The number of carboxylic acid groups (broad SMARTS) is 1. The molecule has 0 radical (unpaired) electrons. The Balaban J connectivity index is 2.34. The predicted octanol–water partition coefficient (Wildman–Crippen LogP) is 3.14. The molecule has 2 aromatic rings.